The van der Waals surface area contributed by atoms with Crippen LogP contribution in [0.2, 0.25) is 0 Å². The molecule has 0 aliphatic rings. The Hall–Kier alpha value is -1.31. The van der Waals surface area contributed by atoms with E-state index in [-0.39, 0.29) is 0 Å². The number of oxazole rings is 1. The minimum absolute atomic E-state index is 0.586. The summed E-state index contributed by atoms with van der Waals surface area (Å²) in [6, 6.07) is 0. The number of aromatic nitrogens is 1. The SMILES string of the molecule is C=C(C)/C=c1/ncoc1=C.CC.CC. The van der Waals surface area contributed by atoms with Gasteiger partial charge >= 0.3 is 0 Å². The summed E-state index contributed by atoms with van der Waals surface area (Å²) in [4.78, 5) is 3.91. The van der Waals surface area contributed by atoms with Crippen LogP contribution in [0, 0.1) is 0 Å². The molecule has 0 bridgehead atoms. The average molecular weight is 195 g/mol. The second-order valence-electron chi connectivity index (χ2n) is 2.15. The Morgan fingerprint density at radius 2 is 1.86 bits per heavy atom. The molecule has 0 saturated heterocycles. The molecule has 0 amide bonds. The first-order valence-corrected chi connectivity index (χ1v) is 4.96. The highest BCUT2D eigenvalue weighted by molar-refractivity contribution is 5.40. The van der Waals surface area contributed by atoms with E-state index < -0.39 is 0 Å². The van der Waals surface area contributed by atoms with Gasteiger partial charge in [-0.05, 0) is 13.0 Å². The summed E-state index contributed by atoms with van der Waals surface area (Å²) in [5.74, 6) is 0. The Morgan fingerprint density at radius 3 is 2.14 bits per heavy atom. The molecule has 0 fully saturated rings. The lowest BCUT2D eigenvalue weighted by molar-refractivity contribution is 0.526. The number of hydrogen-bond acceptors (Lipinski definition) is 2. The monoisotopic (exact) mass is 195 g/mol. The van der Waals surface area contributed by atoms with Crippen LogP contribution in [0.3, 0.4) is 0 Å². The fourth-order valence-electron chi connectivity index (χ4n) is 0.630. The lowest BCUT2D eigenvalue weighted by atomic mass is 10.3. The van der Waals surface area contributed by atoms with Gasteiger partial charge in [-0.3, -0.25) is 0 Å². The maximum absolute atomic E-state index is 4.87. The molecule has 0 aliphatic heterocycles. The molecule has 0 saturated carbocycles. The number of nitrogens with zero attached hydrogens (tertiary/aromatic N) is 1. The van der Waals surface area contributed by atoms with E-state index in [0.29, 0.717) is 5.42 Å². The first kappa shape index (κ1) is 15.2. The van der Waals surface area contributed by atoms with Gasteiger partial charge in [-0.15, -0.1) is 0 Å². The van der Waals surface area contributed by atoms with Crippen molar-refractivity contribution in [3.05, 3.63) is 29.3 Å². The van der Waals surface area contributed by atoms with Crippen LogP contribution >= 0.6 is 0 Å². The van der Waals surface area contributed by atoms with Crippen LogP contribution in [0.25, 0.3) is 12.7 Å². The van der Waals surface area contributed by atoms with E-state index in [9.17, 15) is 0 Å². The average Bonchev–Trinajstić information content (AvgIpc) is 2.58. The maximum Gasteiger partial charge on any atom is 0.181 e. The zero-order valence-electron chi connectivity index (χ0n) is 9.92. The zero-order chi connectivity index (χ0) is 11.6. The van der Waals surface area contributed by atoms with Crippen molar-refractivity contribution < 1.29 is 4.42 Å². The zero-order valence-corrected chi connectivity index (χ0v) is 9.92. The molecule has 1 aromatic heterocycles. The number of allylic oxidation sites excluding steroid dienone is 1. The van der Waals surface area contributed by atoms with Gasteiger partial charge in [0.1, 0.15) is 10.8 Å². The van der Waals surface area contributed by atoms with E-state index in [1.54, 1.807) is 0 Å². The van der Waals surface area contributed by atoms with Crippen molar-refractivity contribution in [1.29, 1.82) is 0 Å². The van der Waals surface area contributed by atoms with E-state index in [0.717, 1.165) is 10.9 Å². The first-order valence-electron chi connectivity index (χ1n) is 4.96. The van der Waals surface area contributed by atoms with Crippen LogP contribution in [-0.2, 0) is 0 Å². The molecule has 0 aliphatic carbocycles. The molecule has 0 atom stereocenters. The second kappa shape index (κ2) is 9.78. The van der Waals surface area contributed by atoms with Crippen molar-refractivity contribution >= 4 is 12.7 Å². The van der Waals surface area contributed by atoms with Crippen molar-refractivity contribution in [1.82, 2.24) is 4.98 Å². The normalized spacial score (nSPS) is 9.36. The summed E-state index contributed by atoms with van der Waals surface area (Å²) in [5, 5.41) is 0.757. The minimum atomic E-state index is 0.586. The van der Waals surface area contributed by atoms with Gasteiger partial charge in [0.2, 0.25) is 0 Å². The van der Waals surface area contributed by atoms with E-state index in [1.165, 1.54) is 6.39 Å². The van der Waals surface area contributed by atoms with Gasteiger partial charge in [0.05, 0.1) is 0 Å². The summed E-state index contributed by atoms with van der Waals surface area (Å²) < 4.78 is 4.87. The van der Waals surface area contributed by atoms with E-state index >= 15 is 0 Å². The molecule has 0 unspecified atom stereocenters. The summed E-state index contributed by atoms with van der Waals surface area (Å²) >= 11 is 0. The summed E-state index contributed by atoms with van der Waals surface area (Å²) in [6.07, 6.45) is 3.20. The summed E-state index contributed by atoms with van der Waals surface area (Å²) in [7, 11) is 0. The molecule has 14 heavy (non-hydrogen) atoms. The van der Waals surface area contributed by atoms with Gasteiger partial charge in [-0.25, -0.2) is 4.98 Å². The van der Waals surface area contributed by atoms with Crippen molar-refractivity contribution in [3.8, 4) is 0 Å². The van der Waals surface area contributed by atoms with E-state index in [1.807, 2.05) is 40.7 Å². The Balaban J connectivity index is 0. The summed E-state index contributed by atoms with van der Waals surface area (Å²) in [5.41, 5.74) is 1.53. The molecule has 0 N–H and O–H groups in total. The van der Waals surface area contributed by atoms with Crippen LogP contribution < -0.4 is 10.8 Å². The highest BCUT2D eigenvalue weighted by Crippen LogP contribution is 1.83. The van der Waals surface area contributed by atoms with Crippen LogP contribution in [-0.4, -0.2) is 4.98 Å². The third-order valence-corrected chi connectivity index (χ3v) is 1.06. The van der Waals surface area contributed by atoms with Gasteiger partial charge in [0.25, 0.3) is 0 Å². The predicted molar refractivity (Wildman–Crippen MR) is 63.3 cm³/mol. The van der Waals surface area contributed by atoms with Crippen molar-refractivity contribution in [2.75, 3.05) is 0 Å². The molecular formula is C12H21NO. The van der Waals surface area contributed by atoms with Crippen LogP contribution in [0.1, 0.15) is 34.6 Å². The largest absolute Gasteiger partial charge is 0.444 e. The van der Waals surface area contributed by atoms with Gasteiger partial charge < -0.3 is 4.42 Å². The first-order chi connectivity index (χ1) is 6.70. The highest BCUT2D eigenvalue weighted by atomic mass is 16.3. The fraction of sp³-hybridized carbons (Fsp3) is 0.417. The third kappa shape index (κ3) is 6.23. The predicted octanol–water partition coefficient (Wildman–Crippen LogP) is 2.49. The van der Waals surface area contributed by atoms with Crippen LogP contribution in [0.15, 0.2) is 23.0 Å². The summed E-state index contributed by atoms with van der Waals surface area (Å²) in [6.45, 7) is 17.2. The molecule has 0 spiro atoms. The topological polar surface area (TPSA) is 26.0 Å². The molecule has 2 nitrogen and oxygen atoms in total. The number of hydrogen-bond donors (Lipinski definition) is 0. The molecule has 0 aromatic carbocycles. The van der Waals surface area contributed by atoms with Crippen LogP contribution in [0.5, 0.6) is 0 Å². The second-order valence-corrected chi connectivity index (χ2v) is 2.15. The fourth-order valence-corrected chi connectivity index (χ4v) is 0.630. The minimum Gasteiger partial charge on any atom is -0.444 e. The molecular weight excluding hydrogens is 174 g/mol. The quantitative estimate of drug-likeness (QED) is 0.688. The van der Waals surface area contributed by atoms with E-state index in [4.69, 9.17) is 4.42 Å². The van der Waals surface area contributed by atoms with Gasteiger partial charge in [-0.2, -0.15) is 0 Å². The Morgan fingerprint density at radius 1 is 1.36 bits per heavy atom. The lowest BCUT2D eigenvalue weighted by Crippen LogP contribution is -2.19. The van der Waals surface area contributed by atoms with E-state index in [2.05, 4.69) is 18.1 Å². The smallest absolute Gasteiger partial charge is 0.181 e. The van der Waals surface area contributed by atoms with Crippen LogP contribution in [0.4, 0.5) is 0 Å². The Kier molecular flexibility index (Phi) is 10.6. The standard InChI is InChI=1S/C8H9NO.2C2H6/c1-6(2)4-8-7(3)10-5-9-8;2*1-2/h4-5H,1,3H2,2H3;2*1-2H3/b8-4+;;. The molecule has 1 rings (SSSR count). The van der Waals surface area contributed by atoms with Gasteiger partial charge in [0, 0.05) is 0 Å². The molecule has 0 radical (unpaired) electrons. The van der Waals surface area contributed by atoms with Crippen molar-refractivity contribution in [3.63, 3.8) is 0 Å². The van der Waals surface area contributed by atoms with Gasteiger partial charge in [-0.1, -0.05) is 46.4 Å². The molecule has 1 aromatic rings. The number of rotatable bonds is 1. The van der Waals surface area contributed by atoms with Crippen molar-refractivity contribution in [2.24, 2.45) is 0 Å². The Bertz CT molecular complexity index is 335. The molecule has 1 heterocycles. The third-order valence-electron chi connectivity index (χ3n) is 1.06. The maximum atomic E-state index is 4.87. The Labute approximate surface area is 86.7 Å². The molecule has 2 heteroatoms. The lowest BCUT2D eigenvalue weighted by Gasteiger charge is -1.78. The van der Waals surface area contributed by atoms with Gasteiger partial charge in [0.15, 0.2) is 6.39 Å². The highest BCUT2D eigenvalue weighted by Gasteiger charge is 1.84. The molecule has 80 valence electrons. The van der Waals surface area contributed by atoms with Crippen molar-refractivity contribution in [2.45, 2.75) is 34.6 Å².